The average Bonchev–Trinajstić information content (AvgIpc) is 2.70. The molecule has 152 valence electrons. The topological polar surface area (TPSA) is 122 Å². The van der Waals surface area contributed by atoms with Crippen LogP contribution in [0, 0.1) is 12.3 Å². The molecule has 0 unspecified atom stereocenters. The molecule has 1 amide bonds. The third-order valence-electron chi connectivity index (χ3n) is 3.77. The van der Waals surface area contributed by atoms with E-state index in [1.807, 2.05) is 0 Å². The first-order valence-electron chi connectivity index (χ1n) is 8.51. The molecule has 0 radical (unpaired) electrons. The number of aliphatic hydroxyl groups is 1. The summed E-state index contributed by atoms with van der Waals surface area (Å²) in [6.45, 7) is 1.14. The van der Waals surface area contributed by atoms with E-state index >= 15 is 0 Å². The number of rotatable bonds is 8. The van der Waals surface area contributed by atoms with Crippen LogP contribution in [0.1, 0.15) is 28.9 Å². The van der Waals surface area contributed by atoms with Gasteiger partial charge in [0.25, 0.3) is 15.9 Å². The molecule has 29 heavy (non-hydrogen) atoms. The van der Waals surface area contributed by atoms with Crippen LogP contribution in [0.2, 0.25) is 0 Å². The predicted octanol–water partition coefficient (Wildman–Crippen LogP) is 1.45. The maximum atomic E-state index is 12.4. The Labute approximate surface area is 168 Å². The maximum absolute atomic E-state index is 12.4. The second-order valence-corrected chi connectivity index (χ2v) is 7.67. The number of terminal acetylenes is 1. The van der Waals surface area contributed by atoms with Crippen LogP contribution in [-0.2, 0) is 19.6 Å². The second kappa shape index (κ2) is 9.73. The highest BCUT2D eigenvalue weighted by molar-refractivity contribution is 7.92. The molecule has 0 aliphatic heterocycles. The summed E-state index contributed by atoms with van der Waals surface area (Å²) in [5, 5.41) is 11.9. The van der Waals surface area contributed by atoms with E-state index in [0.717, 1.165) is 0 Å². The van der Waals surface area contributed by atoms with Crippen LogP contribution in [0.4, 0.5) is 5.69 Å². The summed E-state index contributed by atoms with van der Waals surface area (Å²) in [5.74, 6) is 0.964. The van der Waals surface area contributed by atoms with Crippen molar-refractivity contribution in [3.8, 4) is 12.3 Å². The van der Waals surface area contributed by atoms with Crippen molar-refractivity contribution < 1.29 is 27.9 Å². The third kappa shape index (κ3) is 6.34. The lowest BCUT2D eigenvalue weighted by Crippen LogP contribution is -2.28. The molecule has 1 atom stereocenters. The minimum Gasteiger partial charge on any atom is -0.452 e. The summed E-state index contributed by atoms with van der Waals surface area (Å²) in [6.07, 6.45) is 4.31. The van der Waals surface area contributed by atoms with Crippen LogP contribution in [0.15, 0.2) is 53.4 Å². The van der Waals surface area contributed by atoms with Crippen LogP contribution in [0.25, 0.3) is 0 Å². The summed E-state index contributed by atoms with van der Waals surface area (Å²) >= 11 is 0. The number of hydrogen-bond acceptors (Lipinski definition) is 6. The van der Waals surface area contributed by atoms with Gasteiger partial charge < -0.3 is 15.2 Å². The molecule has 0 heterocycles. The molecular formula is C20H20N2O6S. The Balaban J connectivity index is 1.99. The highest BCUT2D eigenvalue weighted by Crippen LogP contribution is 2.19. The summed E-state index contributed by atoms with van der Waals surface area (Å²) in [4.78, 5) is 23.3. The van der Waals surface area contributed by atoms with Gasteiger partial charge in [0.1, 0.15) is 0 Å². The minimum atomic E-state index is -3.84. The van der Waals surface area contributed by atoms with Gasteiger partial charge in [-0.3, -0.25) is 9.52 Å². The first-order valence-corrected chi connectivity index (χ1v) is 9.99. The average molecular weight is 416 g/mol. The summed E-state index contributed by atoms with van der Waals surface area (Å²) in [6, 6.07) is 11.4. The molecule has 0 aliphatic carbocycles. The number of ether oxygens (including phenoxy) is 1. The molecular weight excluding hydrogens is 396 g/mol. The van der Waals surface area contributed by atoms with E-state index in [9.17, 15) is 23.1 Å². The van der Waals surface area contributed by atoms with E-state index in [-0.39, 0.29) is 22.7 Å². The van der Waals surface area contributed by atoms with Crippen molar-refractivity contribution in [2.75, 3.05) is 17.9 Å². The van der Waals surface area contributed by atoms with Crippen LogP contribution in [-0.4, -0.2) is 38.6 Å². The lowest BCUT2D eigenvalue weighted by molar-refractivity contribution is -0.123. The SMILES string of the molecule is C#CCNC(=O)COC(=O)c1ccc(NS(=O)(=O)c2ccc([C@H](C)O)cc2)cc1. The number of carbonyl (C=O) groups excluding carboxylic acids is 2. The van der Waals surface area contributed by atoms with E-state index in [1.54, 1.807) is 6.92 Å². The van der Waals surface area contributed by atoms with Gasteiger partial charge in [0.15, 0.2) is 6.61 Å². The van der Waals surface area contributed by atoms with Crippen molar-refractivity contribution in [1.82, 2.24) is 5.32 Å². The molecule has 0 saturated heterocycles. The van der Waals surface area contributed by atoms with Crippen LogP contribution in [0.5, 0.6) is 0 Å². The van der Waals surface area contributed by atoms with E-state index in [4.69, 9.17) is 11.2 Å². The molecule has 2 aromatic carbocycles. The van der Waals surface area contributed by atoms with Crippen LogP contribution < -0.4 is 10.0 Å². The molecule has 0 spiro atoms. The molecule has 0 fully saturated rings. The molecule has 0 aromatic heterocycles. The Morgan fingerprint density at radius 3 is 2.31 bits per heavy atom. The zero-order chi connectivity index (χ0) is 21.4. The molecule has 0 aliphatic rings. The first-order chi connectivity index (χ1) is 13.7. The van der Waals surface area contributed by atoms with E-state index < -0.39 is 34.6 Å². The molecule has 2 aromatic rings. The summed E-state index contributed by atoms with van der Waals surface area (Å²) in [7, 11) is -3.84. The number of benzene rings is 2. The number of esters is 1. The summed E-state index contributed by atoms with van der Waals surface area (Å²) in [5.41, 5.74) is 0.992. The number of carbonyl (C=O) groups is 2. The fourth-order valence-electron chi connectivity index (χ4n) is 2.23. The summed E-state index contributed by atoms with van der Waals surface area (Å²) < 4.78 is 32.1. The molecule has 0 bridgehead atoms. The van der Waals surface area contributed by atoms with Gasteiger partial charge in [0.2, 0.25) is 0 Å². The number of nitrogens with one attached hydrogen (secondary N) is 2. The number of sulfonamides is 1. The standard InChI is InChI=1S/C20H20N2O6S/c1-3-12-21-19(24)13-28-20(25)16-4-8-17(9-5-16)22-29(26,27)18-10-6-15(7-11-18)14(2)23/h1,4-11,14,22-23H,12-13H2,2H3,(H,21,24)/t14-/m0/s1. The van der Waals surface area contributed by atoms with Gasteiger partial charge in [-0.2, -0.15) is 0 Å². The fourth-order valence-corrected chi connectivity index (χ4v) is 3.29. The van der Waals surface area contributed by atoms with E-state index in [0.29, 0.717) is 5.56 Å². The Kier molecular flexibility index (Phi) is 7.36. The van der Waals surface area contributed by atoms with Gasteiger partial charge in [0.05, 0.1) is 23.1 Å². The largest absolute Gasteiger partial charge is 0.452 e. The van der Waals surface area contributed by atoms with E-state index in [2.05, 4.69) is 16.0 Å². The van der Waals surface area contributed by atoms with Crippen molar-refractivity contribution in [3.63, 3.8) is 0 Å². The smallest absolute Gasteiger partial charge is 0.338 e. The van der Waals surface area contributed by atoms with E-state index in [1.165, 1.54) is 48.5 Å². The highest BCUT2D eigenvalue weighted by atomic mass is 32.2. The Bertz CT molecular complexity index is 1010. The second-order valence-electron chi connectivity index (χ2n) is 5.98. The van der Waals surface area contributed by atoms with Gasteiger partial charge in [-0.15, -0.1) is 6.42 Å². The maximum Gasteiger partial charge on any atom is 0.338 e. The molecule has 8 nitrogen and oxygen atoms in total. The number of hydrogen-bond donors (Lipinski definition) is 3. The van der Waals surface area contributed by atoms with Gasteiger partial charge in [-0.25, -0.2) is 13.2 Å². The quantitative estimate of drug-likeness (QED) is 0.442. The van der Waals surface area contributed by atoms with Gasteiger partial charge in [0, 0.05) is 5.69 Å². The Hall–Kier alpha value is -3.35. The minimum absolute atomic E-state index is 0.0309. The van der Waals surface area contributed by atoms with Crippen molar-refractivity contribution in [1.29, 1.82) is 0 Å². The predicted molar refractivity (Wildman–Crippen MR) is 106 cm³/mol. The van der Waals surface area contributed by atoms with Crippen molar-refractivity contribution in [3.05, 3.63) is 59.7 Å². The number of amides is 1. The zero-order valence-electron chi connectivity index (χ0n) is 15.6. The Morgan fingerprint density at radius 1 is 1.14 bits per heavy atom. The number of anilines is 1. The van der Waals surface area contributed by atoms with Crippen molar-refractivity contribution in [2.24, 2.45) is 0 Å². The normalized spacial score (nSPS) is 11.8. The van der Waals surface area contributed by atoms with Gasteiger partial charge in [-0.1, -0.05) is 18.1 Å². The first kappa shape index (κ1) is 21.9. The Morgan fingerprint density at radius 2 is 1.76 bits per heavy atom. The number of aliphatic hydroxyl groups excluding tert-OH is 1. The van der Waals surface area contributed by atoms with Crippen LogP contribution in [0.3, 0.4) is 0 Å². The monoisotopic (exact) mass is 416 g/mol. The highest BCUT2D eigenvalue weighted by Gasteiger charge is 2.16. The van der Waals surface area contributed by atoms with Crippen LogP contribution >= 0.6 is 0 Å². The van der Waals surface area contributed by atoms with Crippen molar-refractivity contribution in [2.45, 2.75) is 17.9 Å². The fraction of sp³-hybridized carbons (Fsp3) is 0.200. The van der Waals surface area contributed by atoms with Gasteiger partial charge >= 0.3 is 5.97 Å². The molecule has 2 rings (SSSR count). The third-order valence-corrected chi connectivity index (χ3v) is 5.16. The molecule has 9 heteroatoms. The molecule has 3 N–H and O–H groups in total. The van der Waals surface area contributed by atoms with Crippen molar-refractivity contribution >= 4 is 27.6 Å². The van der Waals surface area contributed by atoms with Gasteiger partial charge in [-0.05, 0) is 48.9 Å². The lowest BCUT2D eigenvalue weighted by atomic mass is 10.1. The lowest BCUT2D eigenvalue weighted by Gasteiger charge is -2.10. The molecule has 0 saturated carbocycles. The zero-order valence-corrected chi connectivity index (χ0v) is 16.4.